The van der Waals surface area contributed by atoms with Crippen LogP contribution in [0.4, 0.5) is 18.9 Å². The van der Waals surface area contributed by atoms with E-state index in [0.29, 0.717) is 5.02 Å². The average Bonchev–Trinajstić information content (AvgIpc) is 3.35. The van der Waals surface area contributed by atoms with Gasteiger partial charge in [-0.05, 0) is 53.6 Å². The number of nitrogens with zero attached hydrogens (tertiary/aromatic N) is 2. The molecule has 0 saturated carbocycles. The number of hydrogen-bond donors (Lipinski definition) is 0. The van der Waals surface area contributed by atoms with Crippen molar-refractivity contribution in [1.29, 1.82) is 0 Å². The van der Waals surface area contributed by atoms with E-state index >= 15 is 0 Å². The Bertz CT molecular complexity index is 1550. The SMILES string of the molecule is O=C(c1ccc(Cl)cc1Cl)[C@@H]1[C@@H]2C(=O)N(c3cccc(C(F)(F)F)c3)C(=O)[C@H]2[C@@H]2c3ccccc3C=CN12. The molecule has 5 nitrogen and oxygen atoms in total. The molecule has 0 aromatic heterocycles. The summed E-state index contributed by atoms with van der Waals surface area (Å²) in [6.07, 6.45) is -1.17. The molecule has 2 amide bonds. The molecule has 0 aliphatic carbocycles. The molecular weight excluding hydrogens is 540 g/mol. The van der Waals surface area contributed by atoms with E-state index in [0.717, 1.165) is 34.2 Å². The van der Waals surface area contributed by atoms with Crippen LogP contribution in [-0.2, 0) is 15.8 Å². The highest BCUT2D eigenvalue weighted by Crippen LogP contribution is 2.54. The van der Waals surface area contributed by atoms with E-state index in [2.05, 4.69) is 0 Å². The summed E-state index contributed by atoms with van der Waals surface area (Å²) in [5.74, 6) is -4.01. The van der Waals surface area contributed by atoms with Gasteiger partial charge in [0.2, 0.25) is 11.8 Å². The second kappa shape index (κ2) is 8.71. The van der Waals surface area contributed by atoms with Crippen molar-refractivity contribution >= 4 is 52.6 Å². The number of fused-ring (bicyclic) bond motifs is 5. The zero-order valence-corrected chi connectivity index (χ0v) is 20.8. The van der Waals surface area contributed by atoms with Crippen LogP contribution < -0.4 is 4.90 Å². The first kappa shape index (κ1) is 24.7. The van der Waals surface area contributed by atoms with Gasteiger partial charge in [0, 0.05) is 16.8 Å². The van der Waals surface area contributed by atoms with Gasteiger partial charge < -0.3 is 4.90 Å². The number of anilines is 1. The van der Waals surface area contributed by atoms with Crippen LogP contribution in [0.3, 0.4) is 0 Å². The third-order valence-corrected chi connectivity index (χ3v) is 7.91. The molecule has 3 aromatic rings. The molecule has 3 aliphatic heterocycles. The number of carbonyl (C=O) groups is 3. The Morgan fingerprint density at radius 3 is 2.34 bits per heavy atom. The molecule has 0 unspecified atom stereocenters. The predicted molar refractivity (Wildman–Crippen MR) is 136 cm³/mol. The highest BCUT2D eigenvalue weighted by molar-refractivity contribution is 6.37. The van der Waals surface area contributed by atoms with Gasteiger partial charge in [0.15, 0.2) is 5.78 Å². The van der Waals surface area contributed by atoms with Crippen LogP contribution in [0.5, 0.6) is 0 Å². The van der Waals surface area contributed by atoms with Gasteiger partial charge in [-0.2, -0.15) is 13.2 Å². The minimum absolute atomic E-state index is 0.0930. The van der Waals surface area contributed by atoms with Crippen molar-refractivity contribution in [2.75, 3.05) is 4.90 Å². The standard InChI is InChI=1S/C28H17Cl2F3N2O3/c29-16-8-9-19(20(30)13-16)25(36)24-22-21(23-18-7-2-1-4-14(18)10-11-34(23)24)26(37)35(27(22)38)17-6-3-5-15(12-17)28(31,32)33/h1-13,21-24H/t21-,22-,23+,24+/m1/s1. The fourth-order valence-electron chi connectivity index (χ4n) is 5.78. The van der Waals surface area contributed by atoms with E-state index in [-0.39, 0.29) is 16.3 Å². The quantitative estimate of drug-likeness (QED) is 0.276. The van der Waals surface area contributed by atoms with Crippen LogP contribution in [0.2, 0.25) is 10.0 Å². The fourth-order valence-corrected chi connectivity index (χ4v) is 6.28. The summed E-state index contributed by atoms with van der Waals surface area (Å²) in [5.41, 5.74) is 0.523. The van der Waals surface area contributed by atoms with Crippen LogP contribution in [0.15, 0.2) is 72.9 Å². The maximum atomic E-state index is 13.9. The van der Waals surface area contributed by atoms with Crippen molar-refractivity contribution in [1.82, 2.24) is 4.90 Å². The first-order valence-electron chi connectivity index (χ1n) is 11.7. The van der Waals surface area contributed by atoms with Crippen molar-refractivity contribution in [3.63, 3.8) is 0 Å². The molecule has 4 atom stereocenters. The Hall–Kier alpha value is -3.62. The second-order valence-electron chi connectivity index (χ2n) is 9.38. The molecule has 10 heteroatoms. The minimum atomic E-state index is -4.66. The molecule has 192 valence electrons. The lowest BCUT2D eigenvalue weighted by Gasteiger charge is -2.35. The molecule has 0 bridgehead atoms. The summed E-state index contributed by atoms with van der Waals surface area (Å²) in [7, 11) is 0. The van der Waals surface area contributed by atoms with Crippen LogP contribution in [0.1, 0.15) is 33.1 Å². The van der Waals surface area contributed by atoms with Gasteiger partial charge in [0.25, 0.3) is 0 Å². The van der Waals surface area contributed by atoms with Crippen molar-refractivity contribution in [2.24, 2.45) is 11.8 Å². The first-order valence-corrected chi connectivity index (χ1v) is 12.4. The summed E-state index contributed by atoms with van der Waals surface area (Å²) in [6, 6.07) is 14.0. The number of alkyl halides is 3. The second-order valence-corrected chi connectivity index (χ2v) is 10.2. The number of halogens is 5. The molecule has 2 saturated heterocycles. The number of Topliss-reactive ketones (excluding diaryl/α,β-unsaturated/α-hetero) is 1. The van der Waals surface area contributed by atoms with Gasteiger partial charge >= 0.3 is 6.18 Å². The fraction of sp³-hybridized carbons (Fsp3) is 0.179. The van der Waals surface area contributed by atoms with Crippen molar-refractivity contribution < 1.29 is 27.6 Å². The Morgan fingerprint density at radius 1 is 0.868 bits per heavy atom. The third kappa shape index (κ3) is 3.66. The summed E-state index contributed by atoms with van der Waals surface area (Å²) >= 11 is 12.3. The predicted octanol–water partition coefficient (Wildman–Crippen LogP) is 6.41. The molecule has 3 heterocycles. The largest absolute Gasteiger partial charge is 0.416 e. The van der Waals surface area contributed by atoms with E-state index < -0.39 is 53.3 Å². The summed E-state index contributed by atoms with van der Waals surface area (Å²) < 4.78 is 40.3. The number of ketones is 1. The van der Waals surface area contributed by atoms with Gasteiger partial charge in [-0.25, -0.2) is 4.90 Å². The van der Waals surface area contributed by atoms with Gasteiger partial charge in [0.1, 0.15) is 6.04 Å². The van der Waals surface area contributed by atoms with Gasteiger partial charge in [-0.3, -0.25) is 14.4 Å². The van der Waals surface area contributed by atoms with Crippen molar-refractivity contribution in [2.45, 2.75) is 18.3 Å². The number of amides is 2. The lowest BCUT2D eigenvalue weighted by atomic mass is 9.83. The highest BCUT2D eigenvalue weighted by atomic mass is 35.5. The van der Waals surface area contributed by atoms with E-state index in [1.807, 2.05) is 18.2 Å². The zero-order chi connectivity index (χ0) is 26.9. The first-order chi connectivity index (χ1) is 18.1. The Balaban J connectivity index is 1.49. The molecular formula is C28H17Cl2F3N2O3. The molecule has 2 fully saturated rings. The molecule has 3 aromatic carbocycles. The Labute approximate surface area is 225 Å². The number of imide groups is 1. The Morgan fingerprint density at radius 2 is 1.61 bits per heavy atom. The summed E-state index contributed by atoms with van der Waals surface area (Å²) in [6.45, 7) is 0. The van der Waals surface area contributed by atoms with Gasteiger partial charge in [0.05, 0.1) is 34.2 Å². The molecule has 3 aliphatic rings. The molecule has 0 N–H and O–H groups in total. The van der Waals surface area contributed by atoms with Crippen LogP contribution in [0, 0.1) is 11.8 Å². The number of benzene rings is 3. The molecule has 0 spiro atoms. The van der Waals surface area contributed by atoms with Crippen LogP contribution in [-0.4, -0.2) is 28.5 Å². The smallest absolute Gasteiger partial charge is 0.358 e. The zero-order valence-electron chi connectivity index (χ0n) is 19.3. The normalized spacial score (nSPS) is 23.9. The van der Waals surface area contributed by atoms with Crippen molar-refractivity contribution in [3.05, 3.63) is 105 Å². The molecule has 0 radical (unpaired) electrons. The minimum Gasteiger partial charge on any atom is -0.358 e. The number of hydrogen-bond acceptors (Lipinski definition) is 4. The van der Waals surface area contributed by atoms with Gasteiger partial charge in [-0.15, -0.1) is 0 Å². The van der Waals surface area contributed by atoms with Crippen LogP contribution in [0.25, 0.3) is 6.08 Å². The number of rotatable bonds is 3. The lowest BCUT2D eigenvalue weighted by molar-refractivity contribution is -0.137. The summed E-state index contributed by atoms with van der Waals surface area (Å²) in [4.78, 5) is 44.1. The average molecular weight is 557 g/mol. The Kier molecular flexibility index (Phi) is 5.66. The van der Waals surface area contributed by atoms with Crippen LogP contribution >= 0.6 is 23.2 Å². The monoisotopic (exact) mass is 556 g/mol. The maximum absolute atomic E-state index is 13.9. The van der Waals surface area contributed by atoms with E-state index in [1.165, 1.54) is 24.3 Å². The molecule has 6 rings (SSSR count). The lowest BCUT2D eigenvalue weighted by Crippen LogP contribution is -2.44. The van der Waals surface area contributed by atoms with Crippen molar-refractivity contribution in [3.8, 4) is 0 Å². The van der Waals surface area contributed by atoms with Gasteiger partial charge in [-0.1, -0.05) is 53.5 Å². The number of carbonyl (C=O) groups excluding carboxylic acids is 3. The topological polar surface area (TPSA) is 57.7 Å². The summed E-state index contributed by atoms with van der Waals surface area (Å²) in [5, 5.41) is 0.416. The highest BCUT2D eigenvalue weighted by Gasteiger charge is 2.64. The third-order valence-electron chi connectivity index (χ3n) is 7.36. The van der Waals surface area contributed by atoms with E-state index in [4.69, 9.17) is 23.2 Å². The van der Waals surface area contributed by atoms with E-state index in [1.54, 1.807) is 23.2 Å². The maximum Gasteiger partial charge on any atom is 0.416 e. The molecule has 38 heavy (non-hydrogen) atoms. The van der Waals surface area contributed by atoms with E-state index in [9.17, 15) is 27.6 Å².